The van der Waals surface area contributed by atoms with Gasteiger partial charge in [-0.15, -0.1) is 0 Å². The van der Waals surface area contributed by atoms with Crippen LogP contribution in [0.2, 0.25) is 0 Å². The number of hydrogen-bond acceptors (Lipinski definition) is 5. The fraction of sp³-hybridized carbons (Fsp3) is 0.600. The number of nitrogens with one attached hydrogen (secondary N) is 2. The number of hydrogen-bond donors (Lipinski definition) is 2. The molecular weight excluding hydrogens is 268 g/mol. The summed E-state index contributed by atoms with van der Waals surface area (Å²) in [7, 11) is 3.36. The summed E-state index contributed by atoms with van der Waals surface area (Å²) in [6.07, 6.45) is 1.62. The molecule has 2 heterocycles. The smallest absolute Gasteiger partial charge is 0.259 e. The first-order valence-corrected chi connectivity index (χ1v) is 7.24. The molecule has 1 fully saturated rings. The van der Waals surface area contributed by atoms with Gasteiger partial charge in [-0.25, -0.2) is 4.98 Å². The predicted octanol–water partition coefficient (Wildman–Crippen LogP) is 1.05. The summed E-state index contributed by atoms with van der Waals surface area (Å²) >= 11 is 0. The van der Waals surface area contributed by atoms with Crippen LogP contribution in [0.25, 0.3) is 0 Å². The van der Waals surface area contributed by atoms with Crippen LogP contribution in [0.1, 0.15) is 31.1 Å². The zero-order chi connectivity index (χ0) is 15.6. The molecule has 1 aromatic heterocycles. The van der Waals surface area contributed by atoms with E-state index in [-0.39, 0.29) is 11.9 Å². The Morgan fingerprint density at radius 3 is 2.57 bits per heavy atom. The molecule has 21 heavy (non-hydrogen) atoms. The van der Waals surface area contributed by atoms with Gasteiger partial charge in [0.1, 0.15) is 5.56 Å². The summed E-state index contributed by atoms with van der Waals surface area (Å²) < 4.78 is 5.18. The first-order valence-electron chi connectivity index (χ1n) is 7.24. The minimum absolute atomic E-state index is 0.0706. The fourth-order valence-corrected chi connectivity index (χ4v) is 3.07. The number of aromatic nitrogens is 1. The van der Waals surface area contributed by atoms with Crippen molar-refractivity contribution in [2.45, 2.75) is 38.9 Å². The third-order valence-corrected chi connectivity index (χ3v) is 4.38. The Kier molecular flexibility index (Phi) is 4.80. The van der Waals surface area contributed by atoms with Crippen LogP contribution in [0.5, 0.6) is 5.88 Å². The van der Waals surface area contributed by atoms with Crippen LogP contribution >= 0.6 is 0 Å². The normalized spacial score (nSPS) is 26.4. The molecule has 1 aliphatic rings. The van der Waals surface area contributed by atoms with Gasteiger partial charge in [0.25, 0.3) is 5.91 Å². The molecule has 116 valence electrons. The molecule has 0 radical (unpaired) electrons. The van der Waals surface area contributed by atoms with Crippen LogP contribution in [0.15, 0.2) is 18.3 Å². The van der Waals surface area contributed by atoms with Crippen LogP contribution < -0.4 is 15.6 Å². The summed E-state index contributed by atoms with van der Waals surface area (Å²) in [5.41, 5.74) is 6.96. The van der Waals surface area contributed by atoms with Gasteiger partial charge < -0.3 is 9.64 Å². The zero-order valence-corrected chi connectivity index (χ0v) is 13.3. The summed E-state index contributed by atoms with van der Waals surface area (Å²) in [5, 5.41) is 0. The second-order valence-electron chi connectivity index (χ2n) is 5.66. The molecule has 0 aromatic carbocycles. The number of hydrazine groups is 1. The molecule has 6 nitrogen and oxygen atoms in total. The van der Waals surface area contributed by atoms with E-state index in [0.29, 0.717) is 29.4 Å². The van der Waals surface area contributed by atoms with Crippen molar-refractivity contribution >= 4 is 5.91 Å². The van der Waals surface area contributed by atoms with Crippen LogP contribution in [-0.2, 0) is 0 Å². The standard InChI is InChI=1S/C15H24N4O2/c1-9-13(10(2)18-17-9)11(3)19(4)15(20)12-7-6-8-16-14(12)21-5/h6-11,13,17-18H,1-5H3. The third kappa shape index (κ3) is 3.01. The van der Waals surface area contributed by atoms with E-state index in [2.05, 4.69) is 36.6 Å². The van der Waals surface area contributed by atoms with Gasteiger partial charge in [-0.05, 0) is 32.9 Å². The average Bonchev–Trinajstić information content (AvgIpc) is 2.84. The van der Waals surface area contributed by atoms with Gasteiger partial charge >= 0.3 is 0 Å². The van der Waals surface area contributed by atoms with E-state index in [1.54, 1.807) is 23.2 Å². The van der Waals surface area contributed by atoms with Crippen molar-refractivity contribution in [3.05, 3.63) is 23.9 Å². The Morgan fingerprint density at radius 2 is 2.00 bits per heavy atom. The number of carbonyl (C=O) groups is 1. The molecule has 3 atom stereocenters. The molecule has 0 bridgehead atoms. The number of rotatable bonds is 4. The minimum Gasteiger partial charge on any atom is -0.480 e. The van der Waals surface area contributed by atoms with Crippen LogP contribution in [0.4, 0.5) is 0 Å². The Labute approximate surface area is 125 Å². The lowest BCUT2D eigenvalue weighted by Gasteiger charge is -2.33. The highest BCUT2D eigenvalue weighted by molar-refractivity contribution is 5.96. The zero-order valence-electron chi connectivity index (χ0n) is 13.3. The van der Waals surface area contributed by atoms with Crippen molar-refractivity contribution < 1.29 is 9.53 Å². The van der Waals surface area contributed by atoms with Crippen molar-refractivity contribution in [3.8, 4) is 5.88 Å². The second-order valence-corrected chi connectivity index (χ2v) is 5.66. The lowest BCUT2D eigenvalue weighted by molar-refractivity contribution is 0.0675. The largest absolute Gasteiger partial charge is 0.480 e. The molecule has 0 spiro atoms. The van der Waals surface area contributed by atoms with Gasteiger partial charge in [0.05, 0.1) is 7.11 Å². The van der Waals surface area contributed by atoms with E-state index in [0.717, 1.165) is 0 Å². The number of ether oxygens (including phenoxy) is 1. The van der Waals surface area contributed by atoms with Gasteiger partial charge in [0, 0.05) is 37.3 Å². The number of pyridine rings is 1. The Morgan fingerprint density at radius 1 is 1.38 bits per heavy atom. The Hall–Kier alpha value is -1.66. The molecule has 1 saturated heterocycles. The molecular formula is C15H24N4O2. The second kappa shape index (κ2) is 6.41. The molecule has 0 aliphatic carbocycles. The van der Waals surface area contributed by atoms with Gasteiger partial charge in [0.2, 0.25) is 5.88 Å². The highest BCUT2D eigenvalue weighted by Crippen LogP contribution is 2.24. The van der Waals surface area contributed by atoms with E-state index in [1.165, 1.54) is 7.11 Å². The maximum absolute atomic E-state index is 12.7. The Bertz CT molecular complexity index is 498. The van der Waals surface area contributed by atoms with E-state index in [9.17, 15) is 4.79 Å². The van der Waals surface area contributed by atoms with E-state index < -0.39 is 0 Å². The summed E-state index contributed by atoms with van der Waals surface area (Å²) in [4.78, 5) is 18.6. The number of nitrogens with zero attached hydrogens (tertiary/aromatic N) is 2. The monoisotopic (exact) mass is 292 g/mol. The maximum Gasteiger partial charge on any atom is 0.259 e. The number of methoxy groups -OCH3 is 1. The average molecular weight is 292 g/mol. The first-order chi connectivity index (χ1) is 9.97. The molecule has 3 unspecified atom stereocenters. The van der Waals surface area contributed by atoms with E-state index in [4.69, 9.17) is 4.74 Å². The van der Waals surface area contributed by atoms with Crippen molar-refractivity contribution in [1.29, 1.82) is 0 Å². The predicted molar refractivity (Wildman–Crippen MR) is 81.0 cm³/mol. The van der Waals surface area contributed by atoms with Crippen molar-refractivity contribution in [2.24, 2.45) is 5.92 Å². The topological polar surface area (TPSA) is 66.5 Å². The summed E-state index contributed by atoms with van der Waals surface area (Å²) in [6, 6.07) is 4.20. The van der Waals surface area contributed by atoms with Crippen molar-refractivity contribution in [3.63, 3.8) is 0 Å². The molecule has 6 heteroatoms. The lowest BCUT2D eigenvalue weighted by atomic mass is 9.88. The fourth-order valence-electron chi connectivity index (χ4n) is 3.07. The number of carbonyl (C=O) groups excluding carboxylic acids is 1. The summed E-state index contributed by atoms with van der Waals surface area (Å²) in [5.74, 6) is 0.630. The molecule has 0 saturated carbocycles. The highest BCUT2D eigenvalue weighted by Gasteiger charge is 2.37. The van der Waals surface area contributed by atoms with E-state index in [1.807, 2.05) is 7.05 Å². The van der Waals surface area contributed by atoms with Crippen molar-refractivity contribution in [1.82, 2.24) is 20.7 Å². The molecule has 1 aliphatic heterocycles. The maximum atomic E-state index is 12.7. The van der Waals surface area contributed by atoms with Crippen LogP contribution in [0, 0.1) is 5.92 Å². The van der Waals surface area contributed by atoms with Gasteiger partial charge in [-0.3, -0.25) is 15.6 Å². The summed E-state index contributed by atoms with van der Waals surface area (Å²) in [6.45, 7) is 6.33. The van der Waals surface area contributed by atoms with E-state index >= 15 is 0 Å². The highest BCUT2D eigenvalue weighted by atomic mass is 16.5. The van der Waals surface area contributed by atoms with Gasteiger partial charge in [0.15, 0.2) is 0 Å². The van der Waals surface area contributed by atoms with Gasteiger partial charge in [-0.1, -0.05) is 0 Å². The molecule has 2 rings (SSSR count). The molecule has 2 N–H and O–H groups in total. The van der Waals surface area contributed by atoms with Gasteiger partial charge in [-0.2, -0.15) is 0 Å². The SMILES string of the molecule is COc1ncccc1C(=O)N(C)C(C)C1C(C)NNC1C. The van der Waals surface area contributed by atoms with Crippen LogP contribution in [0.3, 0.4) is 0 Å². The number of amides is 1. The first kappa shape index (κ1) is 15.7. The quantitative estimate of drug-likeness (QED) is 0.868. The van der Waals surface area contributed by atoms with Crippen molar-refractivity contribution in [2.75, 3.05) is 14.2 Å². The molecule has 1 aromatic rings. The third-order valence-electron chi connectivity index (χ3n) is 4.38. The molecule has 1 amide bonds. The minimum atomic E-state index is -0.0706. The van der Waals surface area contributed by atoms with Crippen LogP contribution in [-0.4, -0.2) is 48.1 Å². The Balaban J connectivity index is 2.19. The lowest BCUT2D eigenvalue weighted by Crippen LogP contribution is -2.46.